The molecule has 108 valence electrons. The Hall–Kier alpha value is -0.130. The second-order valence-electron chi connectivity index (χ2n) is 5.57. The summed E-state index contributed by atoms with van der Waals surface area (Å²) in [5.41, 5.74) is 0. The van der Waals surface area contributed by atoms with Crippen LogP contribution in [0.15, 0.2) is 0 Å². The predicted molar refractivity (Wildman–Crippen MR) is 72.3 cm³/mol. The molecule has 4 atom stereocenters. The van der Waals surface area contributed by atoms with Gasteiger partial charge >= 0.3 is 0 Å². The van der Waals surface area contributed by atoms with Crippen LogP contribution in [-0.4, -0.2) is 44.3 Å². The highest BCUT2D eigenvalue weighted by Crippen LogP contribution is 2.32. The van der Waals surface area contributed by atoms with Crippen LogP contribution in [0.1, 0.15) is 45.4 Å². The van der Waals surface area contributed by atoms with E-state index in [-0.39, 0.29) is 17.3 Å². The van der Waals surface area contributed by atoms with Crippen molar-refractivity contribution in [1.29, 1.82) is 0 Å². The van der Waals surface area contributed by atoms with Crippen molar-refractivity contribution in [2.75, 3.05) is 13.4 Å². The van der Waals surface area contributed by atoms with Crippen LogP contribution in [0, 0.1) is 5.92 Å². The Labute approximate surface area is 111 Å². The number of hydrogen-bond acceptors (Lipinski definition) is 4. The van der Waals surface area contributed by atoms with Crippen molar-refractivity contribution in [3.8, 4) is 0 Å². The molecule has 1 fully saturated rings. The summed E-state index contributed by atoms with van der Waals surface area (Å²) < 4.78 is 28.3. The highest BCUT2D eigenvalue weighted by atomic mass is 32.2. The fourth-order valence-electron chi connectivity index (χ4n) is 2.68. The minimum absolute atomic E-state index is 0.127. The topological polar surface area (TPSA) is 63.6 Å². The second kappa shape index (κ2) is 6.87. The molecule has 18 heavy (non-hydrogen) atoms. The van der Waals surface area contributed by atoms with E-state index in [1.807, 2.05) is 6.92 Å². The van der Waals surface area contributed by atoms with Gasteiger partial charge in [0.2, 0.25) is 0 Å². The van der Waals surface area contributed by atoms with Crippen LogP contribution in [0.4, 0.5) is 0 Å². The molecule has 1 N–H and O–H groups in total. The van der Waals surface area contributed by atoms with Crippen molar-refractivity contribution >= 4 is 9.84 Å². The molecular weight excluding hydrogens is 252 g/mol. The van der Waals surface area contributed by atoms with E-state index in [9.17, 15) is 13.5 Å². The van der Waals surface area contributed by atoms with Crippen molar-refractivity contribution < 1.29 is 18.3 Å². The lowest BCUT2D eigenvalue weighted by molar-refractivity contribution is 0.0493. The number of rotatable bonds is 6. The third kappa shape index (κ3) is 4.86. The van der Waals surface area contributed by atoms with E-state index < -0.39 is 15.9 Å². The van der Waals surface area contributed by atoms with Crippen LogP contribution >= 0.6 is 0 Å². The molecule has 1 aliphatic rings. The molecule has 0 aromatic heterocycles. The number of methoxy groups -OCH3 is 1. The smallest absolute Gasteiger partial charge is 0.150 e. The van der Waals surface area contributed by atoms with Crippen LogP contribution in [0.5, 0.6) is 0 Å². The van der Waals surface area contributed by atoms with Crippen molar-refractivity contribution in [3.63, 3.8) is 0 Å². The molecule has 0 saturated heterocycles. The van der Waals surface area contributed by atoms with Gasteiger partial charge in [-0.15, -0.1) is 0 Å². The molecule has 0 heterocycles. The van der Waals surface area contributed by atoms with E-state index in [1.165, 1.54) is 6.26 Å². The molecule has 5 heteroatoms. The second-order valence-corrected chi connectivity index (χ2v) is 7.89. The third-order valence-corrected chi connectivity index (χ3v) is 5.73. The lowest BCUT2D eigenvalue weighted by Crippen LogP contribution is -2.33. The monoisotopic (exact) mass is 278 g/mol. The number of aliphatic hydroxyl groups excluding tert-OH is 1. The van der Waals surface area contributed by atoms with E-state index in [4.69, 9.17) is 4.74 Å². The van der Waals surface area contributed by atoms with Crippen LogP contribution in [-0.2, 0) is 14.6 Å². The molecule has 0 aromatic rings. The van der Waals surface area contributed by atoms with Crippen LogP contribution in [0.2, 0.25) is 0 Å². The van der Waals surface area contributed by atoms with E-state index in [1.54, 1.807) is 7.11 Å². The Morgan fingerprint density at radius 1 is 1.33 bits per heavy atom. The summed E-state index contributed by atoms with van der Waals surface area (Å²) in [6, 6.07) is 0. The maximum Gasteiger partial charge on any atom is 0.150 e. The van der Waals surface area contributed by atoms with Gasteiger partial charge in [-0.25, -0.2) is 8.42 Å². The van der Waals surface area contributed by atoms with Gasteiger partial charge in [-0.05, 0) is 44.9 Å². The van der Waals surface area contributed by atoms with Crippen molar-refractivity contribution in [1.82, 2.24) is 0 Å². The molecule has 1 aliphatic carbocycles. The van der Waals surface area contributed by atoms with Gasteiger partial charge in [0.15, 0.2) is 0 Å². The Kier molecular flexibility index (Phi) is 6.08. The summed E-state index contributed by atoms with van der Waals surface area (Å²) in [7, 11) is -1.30. The van der Waals surface area contributed by atoms with Crippen molar-refractivity contribution in [2.24, 2.45) is 5.92 Å². The first-order chi connectivity index (χ1) is 8.34. The van der Waals surface area contributed by atoms with Crippen LogP contribution in [0.3, 0.4) is 0 Å². The SMILES string of the molecule is COC(C)CCC(O)C1CCCC(S(C)(=O)=O)C1. The Morgan fingerprint density at radius 2 is 2.00 bits per heavy atom. The van der Waals surface area contributed by atoms with E-state index in [0.717, 1.165) is 25.7 Å². The van der Waals surface area contributed by atoms with Crippen LogP contribution < -0.4 is 0 Å². The molecule has 4 unspecified atom stereocenters. The quantitative estimate of drug-likeness (QED) is 0.804. The zero-order chi connectivity index (χ0) is 13.8. The van der Waals surface area contributed by atoms with Gasteiger partial charge in [0, 0.05) is 13.4 Å². The third-order valence-electron chi connectivity index (χ3n) is 4.09. The zero-order valence-corrected chi connectivity index (χ0v) is 12.4. The summed E-state index contributed by atoms with van der Waals surface area (Å²) in [5.74, 6) is 0.127. The molecular formula is C13H26O4S. The summed E-state index contributed by atoms with van der Waals surface area (Å²) in [4.78, 5) is 0. The van der Waals surface area contributed by atoms with E-state index in [2.05, 4.69) is 0 Å². The predicted octanol–water partition coefficient (Wildman–Crippen LogP) is 1.77. The minimum Gasteiger partial charge on any atom is -0.393 e. The van der Waals surface area contributed by atoms with Gasteiger partial charge < -0.3 is 9.84 Å². The highest BCUT2D eigenvalue weighted by molar-refractivity contribution is 7.91. The summed E-state index contributed by atoms with van der Waals surface area (Å²) in [6.45, 7) is 1.98. The Bertz CT molecular complexity index is 339. The largest absolute Gasteiger partial charge is 0.393 e. The lowest BCUT2D eigenvalue weighted by atomic mass is 9.83. The average Bonchev–Trinajstić information content (AvgIpc) is 2.34. The molecule has 0 radical (unpaired) electrons. The molecule has 0 aliphatic heterocycles. The first kappa shape index (κ1) is 15.9. The Balaban J connectivity index is 2.46. The molecule has 1 saturated carbocycles. The molecule has 0 aromatic carbocycles. The molecule has 1 rings (SSSR count). The number of aliphatic hydroxyl groups is 1. The van der Waals surface area contributed by atoms with Crippen LogP contribution in [0.25, 0.3) is 0 Å². The first-order valence-electron chi connectivity index (χ1n) is 6.74. The van der Waals surface area contributed by atoms with Gasteiger partial charge in [0.25, 0.3) is 0 Å². The van der Waals surface area contributed by atoms with Gasteiger partial charge in [-0.3, -0.25) is 0 Å². The van der Waals surface area contributed by atoms with E-state index in [0.29, 0.717) is 12.8 Å². The molecule has 4 nitrogen and oxygen atoms in total. The molecule has 0 spiro atoms. The summed E-state index contributed by atoms with van der Waals surface area (Å²) >= 11 is 0. The minimum atomic E-state index is -2.96. The zero-order valence-electron chi connectivity index (χ0n) is 11.6. The maximum atomic E-state index is 11.6. The highest BCUT2D eigenvalue weighted by Gasteiger charge is 2.32. The molecule has 0 amide bonds. The maximum absolute atomic E-state index is 11.6. The summed E-state index contributed by atoms with van der Waals surface area (Å²) in [5, 5.41) is 9.89. The summed E-state index contributed by atoms with van der Waals surface area (Å²) in [6.07, 6.45) is 5.76. The fourth-order valence-corrected chi connectivity index (χ4v) is 3.87. The molecule has 0 bridgehead atoms. The number of hydrogen-bond donors (Lipinski definition) is 1. The van der Waals surface area contributed by atoms with Gasteiger partial charge in [-0.1, -0.05) is 6.42 Å². The average molecular weight is 278 g/mol. The van der Waals surface area contributed by atoms with Crippen molar-refractivity contribution in [2.45, 2.75) is 62.9 Å². The van der Waals surface area contributed by atoms with Crippen molar-refractivity contribution in [3.05, 3.63) is 0 Å². The lowest BCUT2D eigenvalue weighted by Gasteiger charge is -2.31. The normalized spacial score (nSPS) is 28.9. The van der Waals surface area contributed by atoms with Gasteiger partial charge in [-0.2, -0.15) is 0 Å². The fraction of sp³-hybridized carbons (Fsp3) is 1.00. The Morgan fingerprint density at radius 3 is 2.56 bits per heavy atom. The first-order valence-corrected chi connectivity index (χ1v) is 8.69. The number of ether oxygens (including phenoxy) is 1. The standard InChI is InChI=1S/C13H26O4S/c1-10(17-2)7-8-13(14)11-5-4-6-12(9-11)18(3,15)16/h10-14H,4-9H2,1-3H3. The van der Waals surface area contributed by atoms with E-state index >= 15 is 0 Å². The van der Waals surface area contributed by atoms with Gasteiger partial charge in [0.05, 0.1) is 17.5 Å². The van der Waals surface area contributed by atoms with Gasteiger partial charge in [0.1, 0.15) is 9.84 Å². The number of sulfone groups is 1.